The molecule has 0 radical (unpaired) electrons. The van der Waals surface area contributed by atoms with Crippen molar-refractivity contribution in [3.05, 3.63) is 101 Å². The first-order chi connectivity index (χ1) is 21.0. The van der Waals surface area contributed by atoms with Gasteiger partial charge in [0.1, 0.15) is 16.6 Å². The van der Waals surface area contributed by atoms with Crippen molar-refractivity contribution in [3.8, 4) is 5.75 Å². The lowest BCUT2D eigenvalue weighted by Gasteiger charge is -2.13. The summed E-state index contributed by atoms with van der Waals surface area (Å²) in [5, 5.41) is 12.7. The number of nitrogens with zero attached hydrogens (tertiary/aromatic N) is 5. The summed E-state index contributed by atoms with van der Waals surface area (Å²) in [4.78, 5) is 23.9. The minimum atomic E-state index is 0.386. The van der Waals surface area contributed by atoms with Gasteiger partial charge < -0.3 is 20.7 Å². The molecule has 0 atom stereocenters. The minimum absolute atomic E-state index is 0.386. The van der Waals surface area contributed by atoms with E-state index in [1.54, 1.807) is 29.7 Å². The maximum atomic E-state index is 5.79. The molecule has 43 heavy (non-hydrogen) atoms. The summed E-state index contributed by atoms with van der Waals surface area (Å²) in [6, 6.07) is 15.8. The van der Waals surface area contributed by atoms with Gasteiger partial charge in [0.15, 0.2) is 0 Å². The van der Waals surface area contributed by atoms with Gasteiger partial charge in [0.05, 0.1) is 18.9 Å². The highest BCUT2D eigenvalue weighted by Crippen LogP contribution is 2.26. The molecule has 3 aromatic rings. The number of benzene rings is 2. The summed E-state index contributed by atoms with van der Waals surface area (Å²) in [5.74, 6) is 3.46. The topological polar surface area (TPSA) is 109 Å². The van der Waals surface area contributed by atoms with Gasteiger partial charge in [0.2, 0.25) is 17.8 Å². The van der Waals surface area contributed by atoms with Gasteiger partial charge in [0, 0.05) is 28.0 Å². The zero-order chi connectivity index (χ0) is 29.9. The average molecular weight is 611 g/mol. The predicted octanol–water partition coefficient (Wildman–Crippen LogP) is 8.08. The fourth-order valence-corrected chi connectivity index (χ4v) is 5.44. The van der Waals surface area contributed by atoms with Crippen LogP contribution in [-0.4, -0.2) is 44.7 Å². The predicted molar refractivity (Wildman–Crippen MR) is 183 cm³/mol. The summed E-state index contributed by atoms with van der Waals surface area (Å²) >= 11 is 3.22. The number of rotatable bonds is 10. The Morgan fingerprint density at radius 3 is 2.23 bits per heavy atom. The minimum Gasteiger partial charge on any atom is -0.494 e. The van der Waals surface area contributed by atoms with Gasteiger partial charge in [-0.25, -0.2) is 4.99 Å². The zero-order valence-corrected chi connectivity index (χ0v) is 25.8. The van der Waals surface area contributed by atoms with Crippen LogP contribution in [0.15, 0.2) is 105 Å². The Labute approximate surface area is 260 Å². The first-order valence-corrected chi connectivity index (χ1v) is 15.9. The summed E-state index contributed by atoms with van der Waals surface area (Å²) < 4.78 is 5.79. The summed E-state index contributed by atoms with van der Waals surface area (Å²) in [7, 11) is 0. The Hall–Kier alpha value is -4.35. The number of aliphatic imine (C=N–C) groups is 2. The molecule has 2 aliphatic heterocycles. The van der Waals surface area contributed by atoms with Crippen LogP contribution in [0.25, 0.3) is 0 Å². The van der Waals surface area contributed by atoms with Crippen molar-refractivity contribution < 1.29 is 4.74 Å². The van der Waals surface area contributed by atoms with Crippen LogP contribution in [0.1, 0.15) is 32.3 Å². The Kier molecular flexibility index (Phi) is 10.7. The molecule has 0 bridgehead atoms. The second-order valence-electron chi connectivity index (χ2n) is 9.66. The van der Waals surface area contributed by atoms with Crippen LogP contribution in [0.4, 0.5) is 29.2 Å². The van der Waals surface area contributed by atoms with Gasteiger partial charge in [-0.1, -0.05) is 61.5 Å². The maximum absolute atomic E-state index is 5.79. The van der Waals surface area contributed by atoms with Gasteiger partial charge in [-0.3, -0.25) is 4.99 Å². The van der Waals surface area contributed by atoms with E-state index in [4.69, 9.17) is 9.73 Å². The number of anilines is 5. The van der Waals surface area contributed by atoms with E-state index >= 15 is 0 Å². The molecule has 0 aliphatic carbocycles. The molecule has 1 aromatic heterocycles. The molecule has 11 heteroatoms. The van der Waals surface area contributed by atoms with Gasteiger partial charge in [-0.15, -0.1) is 11.8 Å². The van der Waals surface area contributed by atoms with Crippen LogP contribution in [0.5, 0.6) is 5.75 Å². The molecule has 9 nitrogen and oxygen atoms in total. The Morgan fingerprint density at radius 1 is 0.907 bits per heavy atom. The molecule has 0 amide bonds. The molecule has 0 spiro atoms. The number of hydrogen-bond donors (Lipinski definition) is 3. The monoisotopic (exact) mass is 610 g/mol. The van der Waals surface area contributed by atoms with Crippen molar-refractivity contribution in [2.45, 2.75) is 26.7 Å². The quantitative estimate of drug-likeness (QED) is 0.196. The van der Waals surface area contributed by atoms with Crippen LogP contribution < -0.4 is 20.7 Å². The Morgan fingerprint density at radius 2 is 1.58 bits per heavy atom. The zero-order valence-electron chi connectivity index (χ0n) is 24.2. The number of thioether (sulfide) groups is 2. The van der Waals surface area contributed by atoms with Crippen molar-refractivity contribution in [3.63, 3.8) is 0 Å². The molecule has 5 rings (SSSR count). The van der Waals surface area contributed by atoms with E-state index < -0.39 is 0 Å². The molecular formula is C32H34N8OS2. The molecule has 3 N–H and O–H groups in total. The van der Waals surface area contributed by atoms with Crippen LogP contribution in [-0.2, 0) is 0 Å². The van der Waals surface area contributed by atoms with Crippen molar-refractivity contribution in [1.82, 2.24) is 15.0 Å². The summed E-state index contributed by atoms with van der Waals surface area (Å²) in [6.07, 6.45) is 10.1. The lowest BCUT2D eigenvalue weighted by molar-refractivity contribution is 0.309. The van der Waals surface area contributed by atoms with E-state index in [1.165, 1.54) is 0 Å². The maximum Gasteiger partial charge on any atom is 0.234 e. The second kappa shape index (κ2) is 15.2. The number of allylic oxidation sites excluding steroid dienone is 3. The smallest absolute Gasteiger partial charge is 0.234 e. The highest BCUT2D eigenvalue weighted by Gasteiger charge is 2.12. The van der Waals surface area contributed by atoms with E-state index in [0.717, 1.165) is 56.9 Å². The highest BCUT2D eigenvalue weighted by atomic mass is 32.2. The second-order valence-corrected chi connectivity index (χ2v) is 11.7. The molecule has 2 aliphatic rings. The Balaban J connectivity index is 1.33. The third-order valence-electron chi connectivity index (χ3n) is 6.10. The molecular weight excluding hydrogens is 577 g/mol. The van der Waals surface area contributed by atoms with Gasteiger partial charge in [0.25, 0.3) is 0 Å². The average Bonchev–Trinajstić information content (AvgIpc) is 3.08. The third kappa shape index (κ3) is 9.32. The van der Waals surface area contributed by atoms with Crippen LogP contribution in [0.2, 0.25) is 0 Å². The molecule has 0 fully saturated rings. The van der Waals surface area contributed by atoms with Crippen molar-refractivity contribution >= 4 is 63.6 Å². The van der Waals surface area contributed by atoms with Gasteiger partial charge in [-0.2, -0.15) is 15.0 Å². The molecule has 220 valence electrons. The fraction of sp³-hybridized carbons (Fsp3) is 0.219. The molecule has 0 unspecified atom stereocenters. The number of hydrogen-bond acceptors (Lipinski definition) is 11. The summed E-state index contributed by atoms with van der Waals surface area (Å²) in [5.41, 5.74) is 3.84. The van der Waals surface area contributed by atoms with Crippen LogP contribution in [0, 0.1) is 0 Å². The molecule has 2 aromatic carbocycles. The van der Waals surface area contributed by atoms with E-state index in [0.29, 0.717) is 36.7 Å². The Bertz CT molecular complexity index is 1580. The number of amidine groups is 1. The standard InChI is InChI=1S/C32H34N8OS2/c1-4-5-18-41-27-14-12-26(13-15-27)36-31-38-30(39-32(40-31)37-28-21-42-19-17-33-28)35-25-10-8-24(9-11-25)29-34-16-6-7-22(2)20-23(3)43-29/h6-15,17,19-20H,3-5,16,18,21H2,1-2H3,(H3,33,35,36,37,38,39,40)/b7-6-,22-20-,34-29?. The number of nitrogens with one attached hydrogen (secondary N) is 3. The fourth-order valence-electron chi connectivity index (χ4n) is 4.00. The largest absolute Gasteiger partial charge is 0.494 e. The van der Waals surface area contributed by atoms with Gasteiger partial charge in [-0.05, 0) is 61.2 Å². The lowest BCUT2D eigenvalue weighted by Crippen LogP contribution is -2.18. The van der Waals surface area contributed by atoms with Crippen LogP contribution >= 0.6 is 23.5 Å². The third-order valence-corrected chi connectivity index (χ3v) is 7.79. The van der Waals surface area contributed by atoms with Crippen molar-refractivity contribution in [2.75, 3.05) is 34.9 Å². The normalized spacial score (nSPS) is 16.9. The number of aromatic nitrogens is 3. The first kappa shape index (κ1) is 30.1. The summed E-state index contributed by atoms with van der Waals surface area (Å²) in [6.45, 7) is 9.70. The number of unbranched alkanes of at least 4 members (excludes halogenated alkanes) is 1. The van der Waals surface area contributed by atoms with E-state index in [1.807, 2.05) is 53.9 Å². The number of ether oxygens (including phenoxy) is 1. The SMILES string of the molecule is C=C1/C=C(C)\C=C/CN=C(c2ccc(Nc3nc(NC4=NC=CSC4)nc(Nc4ccc(OCCCC)cc4)n3)cc2)S1. The molecule has 3 heterocycles. The van der Waals surface area contributed by atoms with E-state index in [2.05, 4.69) is 74.5 Å². The van der Waals surface area contributed by atoms with E-state index in [-0.39, 0.29) is 0 Å². The van der Waals surface area contributed by atoms with Crippen molar-refractivity contribution in [1.29, 1.82) is 0 Å². The van der Waals surface area contributed by atoms with Gasteiger partial charge >= 0.3 is 0 Å². The van der Waals surface area contributed by atoms with Crippen LogP contribution in [0.3, 0.4) is 0 Å². The van der Waals surface area contributed by atoms with E-state index in [9.17, 15) is 0 Å². The first-order valence-electron chi connectivity index (χ1n) is 14.0. The lowest BCUT2D eigenvalue weighted by atomic mass is 10.2. The molecule has 0 saturated heterocycles. The highest BCUT2D eigenvalue weighted by molar-refractivity contribution is 8.17. The van der Waals surface area contributed by atoms with Crippen molar-refractivity contribution in [2.24, 2.45) is 9.98 Å². The molecule has 0 saturated carbocycles.